The number of nitrogens with two attached hydrogens (primary N) is 1. The van der Waals surface area contributed by atoms with Crippen LogP contribution in [0.25, 0.3) is 0 Å². The predicted molar refractivity (Wildman–Crippen MR) is 31.8 cm³/mol. The normalized spacial score (nSPS) is 13.4. The Hall–Kier alpha value is -0.340. The molecule has 0 radical (unpaired) electrons. The van der Waals surface area contributed by atoms with Crippen LogP contribution in [-0.2, 0) is 0 Å². The molecule has 0 aromatic heterocycles. The van der Waals surface area contributed by atoms with E-state index in [0.29, 0.717) is 0 Å². The fourth-order valence-electron chi connectivity index (χ4n) is 0.297. The highest BCUT2D eigenvalue weighted by Crippen LogP contribution is 1.79. The number of hydrogen-bond acceptors (Lipinski definition) is 2. The molecule has 42 valence electrons. The minimum absolute atomic E-state index is 0.0810. The molecule has 0 rings (SSSR count). The molecule has 7 heavy (non-hydrogen) atoms. The van der Waals surface area contributed by atoms with Gasteiger partial charge in [0, 0.05) is 0 Å². The van der Waals surface area contributed by atoms with Crippen molar-refractivity contribution in [3.8, 4) is 0 Å². The Morgan fingerprint density at radius 1 is 2.00 bits per heavy atom. The molecule has 2 nitrogen and oxygen atoms in total. The van der Waals surface area contributed by atoms with Crippen molar-refractivity contribution >= 4 is 0 Å². The third kappa shape index (κ3) is 3.49. The number of rotatable bonds is 3. The van der Waals surface area contributed by atoms with Gasteiger partial charge in [-0.1, -0.05) is 6.08 Å². The Morgan fingerprint density at radius 2 is 2.57 bits per heavy atom. The molecule has 0 fully saturated rings. The van der Waals surface area contributed by atoms with Gasteiger partial charge in [-0.25, -0.2) is 0 Å². The summed E-state index contributed by atoms with van der Waals surface area (Å²) in [7, 11) is 1.83. The van der Waals surface area contributed by atoms with Crippen LogP contribution in [0.5, 0.6) is 0 Å². The summed E-state index contributed by atoms with van der Waals surface area (Å²) < 4.78 is 0. The van der Waals surface area contributed by atoms with Gasteiger partial charge in [0.2, 0.25) is 0 Å². The minimum atomic E-state index is 0.0810. The van der Waals surface area contributed by atoms with Crippen molar-refractivity contribution in [3.05, 3.63) is 12.7 Å². The molecule has 0 aromatic rings. The molecule has 0 spiro atoms. The molecule has 0 aliphatic heterocycles. The SMILES string of the molecule is C=CCC(N)NC. The van der Waals surface area contributed by atoms with E-state index in [0.717, 1.165) is 6.42 Å². The van der Waals surface area contributed by atoms with Crippen LogP contribution in [-0.4, -0.2) is 13.2 Å². The third-order valence-electron chi connectivity index (χ3n) is 0.791. The standard InChI is InChI=1S/C5H12N2/c1-3-4-5(6)7-2/h3,5,7H,1,4,6H2,2H3. The van der Waals surface area contributed by atoms with Crippen LogP contribution in [0, 0.1) is 0 Å². The van der Waals surface area contributed by atoms with E-state index >= 15 is 0 Å². The average molecular weight is 100 g/mol. The van der Waals surface area contributed by atoms with E-state index in [1.807, 2.05) is 7.05 Å². The maximum absolute atomic E-state index is 5.40. The van der Waals surface area contributed by atoms with Crippen LogP contribution in [0.2, 0.25) is 0 Å². The largest absolute Gasteiger partial charge is 0.316 e. The third-order valence-corrected chi connectivity index (χ3v) is 0.791. The van der Waals surface area contributed by atoms with Gasteiger partial charge < -0.3 is 11.1 Å². The highest BCUT2D eigenvalue weighted by Gasteiger charge is 1.88. The highest BCUT2D eigenvalue weighted by molar-refractivity contribution is 4.71. The second-order valence-corrected chi connectivity index (χ2v) is 1.42. The van der Waals surface area contributed by atoms with Gasteiger partial charge in [0.25, 0.3) is 0 Å². The van der Waals surface area contributed by atoms with E-state index < -0.39 is 0 Å². The molecule has 1 atom stereocenters. The van der Waals surface area contributed by atoms with Gasteiger partial charge in [-0.2, -0.15) is 0 Å². The summed E-state index contributed by atoms with van der Waals surface area (Å²) >= 11 is 0. The van der Waals surface area contributed by atoms with Gasteiger partial charge in [-0.3, -0.25) is 0 Å². The molecular formula is C5H12N2. The summed E-state index contributed by atoms with van der Waals surface area (Å²) in [6, 6.07) is 0. The van der Waals surface area contributed by atoms with Gasteiger partial charge >= 0.3 is 0 Å². The Morgan fingerprint density at radius 3 is 2.71 bits per heavy atom. The first-order chi connectivity index (χ1) is 3.31. The van der Waals surface area contributed by atoms with Crippen molar-refractivity contribution in [2.75, 3.05) is 7.05 Å². The van der Waals surface area contributed by atoms with Crippen LogP contribution in [0.1, 0.15) is 6.42 Å². The highest BCUT2D eigenvalue weighted by atomic mass is 15.0. The zero-order chi connectivity index (χ0) is 5.70. The van der Waals surface area contributed by atoms with Crippen LogP contribution < -0.4 is 11.1 Å². The van der Waals surface area contributed by atoms with Crippen molar-refractivity contribution in [1.29, 1.82) is 0 Å². The summed E-state index contributed by atoms with van der Waals surface area (Å²) in [5.41, 5.74) is 5.40. The average Bonchev–Trinajstić information content (AvgIpc) is 1.68. The van der Waals surface area contributed by atoms with Gasteiger partial charge in [0.05, 0.1) is 6.17 Å². The fourth-order valence-corrected chi connectivity index (χ4v) is 0.297. The zero-order valence-corrected chi connectivity index (χ0v) is 4.65. The van der Waals surface area contributed by atoms with E-state index in [1.165, 1.54) is 0 Å². The van der Waals surface area contributed by atoms with Gasteiger partial charge in [-0.15, -0.1) is 6.58 Å². The first kappa shape index (κ1) is 6.66. The van der Waals surface area contributed by atoms with Crippen LogP contribution >= 0.6 is 0 Å². The molecule has 0 saturated carbocycles. The smallest absolute Gasteiger partial charge is 0.0579 e. The second-order valence-electron chi connectivity index (χ2n) is 1.42. The molecule has 2 heteroatoms. The quantitative estimate of drug-likeness (QED) is 0.389. The number of nitrogens with one attached hydrogen (secondary N) is 1. The molecule has 1 unspecified atom stereocenters. The van der Waals surface area contributed by atoms with Gasteiger partial charge in [0.15, 0.2) is 0 Å². The molecule has 0 aliphatic carbocycles. The topological polar surface area (TPSA) is 38.0 Å². The van der Waals surface area contributed by atoms with E-state index in [9.17, 15) is 0 Å². The molecule has 0 saturated heterocycles. The summed E-state index contributed by atoms with van der Waals surface area (Å²) in [5.74, 6) is 0. The van der Waals surface area contributed by atoms with Crippen molar-refractivity contribution < 1.29 is 0 Å². The summed E-state index contributed by atoms with van der Waals surface area (Å²) in [6.45, 7) is 3.53. The lowest BCUT2D eigenvalue weighted by Gasteiger charge is -2.03. The first-order valence-electron chi connectivity index (χ1n) is 2.35. The molecule has 0 aliphatic rings. The van der Waals surface area contributed by atoms with Crippen molar-refractivity contribution in [1.82, 2.24) is 5.32 Å². The lowest BCUT2D eigenvalue weighted by Crippen LogP contribution is -2.33. The molecular weight excluding hydrogens is 88.1 g/mol. The zero-order valence-electron chi connectivity index (χ0n) is 4.65. The Balaban J connectivity index is 2.98. The van der Waals surface area contributed by atoms with Gasteiger partial charge in [0.1, 0.15) is 0 Å². The van der Waals surface area contributed by atoms with Crippen LogP contribution in [0.3, 0.4) is 0 Å². The summed E-state index contributed by atoms with van der Waals surface area (Å²) in [4.78, 5) is 0. The Labute approximate surface area is 44.4 Å². The first-order valence-corrected chi connectivity index (χ1v) is 2.35. The lowest BCUT2D eigenvalue weighted by atomic mass is 10.3. The maximum Gasteiger partial charge on any atom is 0.0579 e. The van der Waals surface area contributed by atoms with Crippen LogP contribution in [0.15, 0.2) is 12.7 Å². The monoisotopic (exact) mass is 100 g/mol. The second kappa shape index (κ2) is 3.84. The maximum atomic E-state index is 5.40. The number of hydrogen-bond donors (Lipinski definition) is 2. The van der Waals surface area contributed by atoms with Gasteiger partial charge in [-0.05, 0) is 13.5 Å². The fraction of sp³-hybridized carbons (Fsp3) is 0.600. The molecule has 0 aromatic carbocycles. The predicted octanol–water partition coefficient (Wildman–Crippen LogP) is 0.0667. The molecule has 0 bridgehead atoms. The van der Waals surface area contributed by atoms with Crippen molar-refractivity contribution in [3.63, 3.8) is 0 Å². The van der Waals surface area contributed by atoms with E-state index in [4.69, 9.17) is 5.73 Å². The van der Waals surface area contributed by atoms with E-state index in [1.54, 1.807) is 6.08 Å². The molecule has 0 amide bonds. The van der Waals surface area contributed by atoms with E-state index in [2.05, 4.69) is 11.9 Å². The lowest BCUT2D eigenvalue weighted by molar-refractivity contribution is 0.593. The molecule has 0 heterocycles. The summed E-state index contributed by atoms with van der Waals surface area (Å²) in [5, 5.41) is 2.87. The Bertz CT molecular complexity index is 52.0. The summed E-state index contributed by atoms with van der Waals surface area (Å²) in [6.07, 6.45) is 2.70. The molecule has 3 N–H and O–H groups in total. The Kier molecular flexibility index (Phi) is 3.65. The van der Waals surface area contributed by atoms with Crippen molar-refractivity contribution in [2.24, 2.45) is 5.73 Å². The van der Waals surface area contributed by atoms with Crippen LogP contribution in [0.4, 0.5) is 0 Å². The van der Waals surface area contributed by atoms with Crippen molar-refractivity contribution in [2.45, 2.75) is 12.6 Å². The van der Waals surface area contributed by atoms with E-state index in [-0.39, 0.29) is 6.17 Å². The minimum Gasteiger partial charge on any atom is -0.316 e.